The van der Waals surface area contributed by atoms with Crippen molar-refractivity contribution in [3.8, 4) is 0 Å². The molecule has 0 fully saturated rings. The molecule has 152 valence electrons. The molecule has 4 rings (SSSR count). The molecule has 1 aliphatic rings. The summed E-state index contributed by atoms with van der Waals surface area (Å²) >= 11 is 6.33. The van der Waals surface area contributed by atoms with Crippen molar-refractivity contribution in [2.45, 2.75) is 38.8 Å². The van der Waals surface area contributed by atoms with Gasteiger partial charge in [0.05, 0.1) is 0 Å². The highest BCUT2D eigenvalue weighted by Gasteiger charge is 2.26. The number of likely N-dealkylation sites (N-methyl/N-ethyl adjacent to an activating group) is 1. The van der Waals surface area contributed by atoms with Crippen LogP contribution < -0.4 is 5.32 Å². The van der Waals surface area contributed by atoms with Crippen LogP contribution >= 0.6 is 11.6 Å². The fourth-order valence-corrected chi connectivity index (χ4v) is 4.70. The van der Waals surface area contributed by atoms with E-state index in [1.165, 1.54) is 27.7 Å². The van der Waals surface area contributed by atoms with Crippen LogP contribution in [0.4, 0.5) is 0 Å². The Balaban J connectivity index is 1.82. The van der Waals surface area contributed by atoms with Crippen molar-refractivity contribution < 1.29 is 4.79 Å². The number of carbonyl (C=O) groups is 1. The molecule has 0 saturated heterocycles. The van der Waals surface area contributed by atoms with Crippen molar-refractivity contribution in [1.29, 1.82) is 0 Å². The monoisotopic (exact) mass is 410 g/mol. The second kappa shape index (κ2) is 8.17. The van der Waals surface area contributed by atoms with Gasteiger partial charge in [0.1, 0.15) is 0 Å². The van der Waals surface area contributed by atoms with E-state index in [9.17, 15) is 4.79 Å². The minimum Gasteiger partial charge on any atom is -0.359 e. The SMILES string of the molecule is CNC(=O)CC(Cn1c2c(c3cc(Cl)ccc31)CN(C)CC2)c1ccncc1C. The van der Waals surface area contributed by atoms with Crippen molar-refractivity contribution in [2.75, 3.05) is 20.6 Å². The summed E-state index contributed by atoms with van der Waals surface area (Å²) in [5.41, 5.74) is 6.23. The molecule has 0 spiro atoms. The summed E-state index contributed by atoms with van der Waals surface area (Å²) in [4.78, 5) is 18.9. The number of hydrogen-bond donors (Lipinski definition) is 1. The Morgan fingerprint density at radius 1 is 1.34 bits per heavy atom. The summed E-state index contributed by atoms with van der Waals surface area (Å²) in [6, 6.07) is 8.20. The summed E-state index contributed by atoms with van der Waals surface area (Å²) in [7, 11) is 3.86. The Labute approximate surface area is 176 Å². The molecule has 1 amide bonds. The number of amides is 1. The Morgan fingerprint density at radius 2 is 2.17 bits per heavy atom. The highest BCUT2D eigenvalue weighted by atomic mass is 35.5. The number of halogens is 1. The van der Waals surface area contributed by atoms with Crippen molar-refractivity contribution in [1.82, 2.24) is 19.8 Å². The highest BCUT2D eigenvalue weighted by Crippen LogP contribution is 2.35. The number of carbonyl (C=O) groups excluding carboxylic acids is 1. The van der Waals surface area contributed by atoms with E-state index in [2.05, 4.69) is 45.9 Å². The molecule has 29 heavy (non-hydrogen) atoms. The predicted octanol–water partition coefficient (Wildman–Crippen LogP) is 3.91. The molecule has 6 heteroatoms. The average Bonchev–Trinajstić information content (AvgIpc) is 3.00. The summed E-state index contributed by atoms with van der Waals surface area (Å²) in [6.07, 6.45) is 5.14. The number of pyridine rings is 1. The molecule has 5 nitrogen and oxygen atoms in total. The van der Waals surface area contributed by atoms with Gasteiger partial charge in [-0.15, -0.1) is 0 Å². The van der Waals surface area contributed by atoms with Crippen LogP contribution in [0.2, 0.25) is 5.02 Å². The molecule has 2 aromatic heterocycles. The smallest absolute Gasteiger partial charge is 0.220 e. The molecule has 3 aromatic rings. The number of benzene rings is 1. The van der Waals surface area contributed by atoms with Gasteiger partial charge in [0.25, 0.3) is 0 Å². The Kier molecular flexibility index (Phi) is 5.61. The van der Waals surface area contributed by atoms with E-state index >= 15 is 0 Å². The predicted molar refractivity (Wildman–Crippen MR) is 117 cm³/mol. The minimum absolute atomic E-state index is 0.0549. The van der Waals surface area contributed by atoms with Crippen LogP contribution in [-0.2, 0) is 24.3 Å². The molecule has 0 aliphatic carbocycles. The molecule has 0 saturated carbocycles. The maximum absolute atomic E-state index is 12.3. The first kappa shape index (κ1) is 19.9. The fourth-order valence-electron chi connectivity index (χ4n) is 4.53. The number of rotatable bonds is 5. The Hall–Kier alpha value is -2.37. The van der Waals surface area contributed by atoms with Crippen molar-refractivity contribution in [3.05, 3.63) is 64.1 Å². The fraction of sp³-hybridized carbons (Fsp3) is 0.391. The first-order chi connectivity index (χ1) is 14.0. The van der Waals surface area contributed by atoms with Gasteiger partial charge in [-0.25, -0.2) is 0 Å². The van der Waals surface area contributed by atoms with Gasteiger partial charge < -0.3 is 14.8 Å². The van der Waals surface area contributed by atoms with E-state index in [0.29, 0.717) is 6.42 Å². The van der Waals surface area contributed by atoms with Crippen molar-refractivity contribution >= 4 is 28.4 Å². The number of hydrogen-bond acceptors (Lipinski definition) is 3. The molecule has 0 bridgehead atoms. The summed E-state index contributed by atoms with van der Waals surface area (Å²) in [5, 5.41) is 4.78. The lowest BCUT2D eigenvalue weighted by atomic mass is 9.92. The van der Waals surface area contributed by atoms with Crippen molar-refractivity contribution in [3.63, 3.8) is 0 Å². The molecule has 1 aliphatic heterocycles. The van der Waals surface area contributed by atoms with E-state index < -0.39 is 0 Å². The summed E-state index contributed by atoms with van der Waals surface area (Å²) in [5.74, 6) is 0.132. The van der Waals surface area contributed by atoms with E-state index in [4.69, 9.17) is 11.6 Å². The van der Waals surface area contributed by atoms with E-state index in [1.54, 1.807) is 7.05 Å². The van der Waals surface area contributed by atoms with Crippen LogP contribution in [0.5, 0.6) is 0 Å². The number of nitrogens with zero attached hydrogens (tertiary/aromatic N) is 3. The van der Waals surface area contributed by atoms with E-state index in [0.717, 1.165) is 36.6 Å². The lowest BCUT2D eigenvalue weighted by Crippen LogP contribution is -2.28. The van der Waals surface area contributed by atoms with E-state index in [-0.39, 0.29) is 11.8 Å². The third-order valence-electron chi connectivity index (χ3n) is 6.02. The van der Waals surface area contributed by atoms with Gasteiger partial charge in [-0.2, -0.15) is 0 Å². The van der Waals surface area contributed by atoms with Crippen LogP contribution in [0.25, 0.3) is 10.9 Å². The molecular weight excluding hydrogens is 384 g/mol. The second-order valence-electron chi connectivity index (χ2n) is 7.99. The molecule has 1 unspecified atom stereocenters. The lowest BCUT2D eigenvalue weighted by molar-refractivity contribution is -0.121. The summed E-state index contributed by atoms with van der Waals surface area (Å²) in [6.45, 7) is 4.78. The first-order valence-electron chi connectivity index (χ1n) is 10.1. The van der Waals surface area contributed by atoms with Gasteiger partial charge in [-0.3, -0.25) is 9.78 Å². The number of aromatic nitrogens is 2. The number of nitrogens with one attached hydrogen (secondary N) is 1. The Morgan fingerprint density at radius 3 is 2.93 bits per heavy atom. The maximum atomic E-state index is 12.3. The maximum Gasteiger partial charge on any atom is 0.220 e. The third kappa shape index (κ3) is 3.89. The average molecular weight is 411 g/mol. The highest BCUT2D eigenvalue weighted by molar-refractivity contribution is 6.31. The van der Waals surface area contributed by atoms with Gasteiger partial charge in [0.15, 0.2) is 0 Å². The zero-order chi connectivity index (χ0) is 20.5. The zero-order valence-electron chi connectivity index (χ0n) is 17.2. The molecule has 3 heterocycles. The van der Waals surface area contributed by atoms with Gasteiger partial charge >= 0.3 is 0 Å². The first-order valence-corrected chi connectivity index (χ1v) is 10.4. The van der Waals surface area contributed by atoms with Crippen molar-refractivity contribution in [2.24, 2.45) is 0 Å². The Bertz CT molecular complexity index is 1060. The van der Waals surface area contributed by atoms with E-state index in [1.807, 2.05) is 24.5 Å². The van der Waals surface area contributed by atoms with Crippen LogP contribution in [-0.4, -0.2) is 41.0 Å². The quantitative estimate of drug-likeness (QED) is 0.693. The van der Waals surface area contributed by atoms with Gasteiger partial charge in [0, 0.05) is 79.5 Å². The van der Waals surface area contributed by atoms with Gasteiger partial charge in [-0.05, 0) is 54.9 Å². The largest absolute Gasteiger partial charge is 0.359 e. The molecule has 1 N–H and O–H groups in total. The number of fused-ring (bicyclic) bond motifs is 3. The molecule has 1 aromatic carbocycles. The summed E-state index contributed by atoms with van der Waals surface area (Å²) < 4.78 is 2.42. The normalized spacial score (nSPS) is 15.3. The van der Waals surface area contributed by atoms with Crippen LogP contribution in [0.1, 0.15) is 34.7 Å². The van der Waals surface area contributed by atoms with Crippen LogP contribution in [0, 0.1) is 6.92 Å². The molecular formula is C23H27ClN4O. The second-order valence-corrected chi connectivity index (χ2v) is 8.43. The molecule has 0 radical (unpaired) electrons. The standard InChI is InChI=1S/C23H27ClN4O/c1-15-12-26-8-6-18(15)16(10-23(29)25-2)13-28-21-5-4-17(24)11-19(21)20-14-27(3)9-7-22(20)28/h4-6,8,11-12,16H,7,9-10,13-14H2,1-3H3,(H,25,29). The third-order valence-corrected chi connectivity index (χ3v) is 6.26. The van der Waals surface area contributed by atoms with Gasteiger partial charge in [-0.1, -0.05) is 11.6 Å². The zero-order valence-corrected chi connectivity index (χ0v) is 18.0. The number of aryl methyl sites for hydroxylation is 1. The topological polar surface area (TPSA) is 50.2 Å². The lowest BCUT2D eigenvalue weighted by Gasteiger charge is -2.26. The van der Waals surface area contributed by atoms with Crippen LogP contribution in [0.3, 0.4) is 0 Å². The van der Waals surface area contributed by atoms with Gasteiger partial charge in [0.2, 0.25) is 5.91 Å². The minimum atomic E-state index is 0.0549. The van der Waals surface area contributed by atoms with Crippen LogP contribution in [0.15, 0.2) is 36.7 Å². The molecule has 1 atom stereocenters.